The van der Waals surface area contributed by atoms with E-state index >= 15 is 0 Å². The number of rotatable bonds is 9. The zero-order valence-corrected chi connectivity index (χ0v) is 11.8. The Kier molecular flexibility index (Phi) is 8.30. The average molecular weight is 354 g/mol. The van der Waals surface area contributed by atoms with Crippen LogP contribution in [0.4, 0.5) is 0 Å². The van der Waals surface area contributed by atoms with Gasteiger partial charge < -0.3 is 40.1 Å². The van der Waals surface area contributed by atoms with Crippen LogP contribution < -0.4 is 0 Å². The summed E-state index contributed by atoms with van der Waals surface area (Å²) in [5, 5.41) is 53.3. The third kappa shape index (κ3) is 6.55. The summed E-state index contributed by atoms with van der Waals surface area (Å²) in [5.74, 6) is -9.12. The molecule has 0 amide bonds. The number of aliphatic carboxylic acids is 3. The number of aliphatic hydroxyl groups excluding tert-OH is 3. The second-order valence-corrected chi connectivity index (χ2v) is 4.21. The largest absolute Gasteiger partial charge is 0.481 e. The Bertz CT molecular complexity index is 512. The zero-order valence-electron chi connectivity index (χ0n) is 11.8. The van der Waals surface area contributed by atoms with Crippen molar-refractivity contribution in [3.05, 3.63) is 0 Å². The molecule has 0 saturated heterocycles. The molecular formula is C11H14O13. The summed E-state index contributed by atoms with van der Waals surface area (Å²) in [4.78, 5) is 54.0. The first-order valence-corrected chi connectivity index (χ1v) is 6.08. The van der Waals surface area contributed by atoms with Gasteiger partial charge in [-0.2, -0.15) is 0 Å². The third-order valence-corrected chi connectivity index (χ3v) is 2.43. The summed E-state index contributed by atoms with van der Waals surface area (Å²) in [5.41, 5.74) is 0. The van der Waals surface area contributed by atoms with Crippen molar-refractivity contribution >= 4 is 29.8 Å². The minimum absolute atomic E-state index is 0.645. The van der Waals surface area contributed by atoms with Crippen molar-refractivity contribution in [2.75, 3.05) is 6.61 Å². The van der Waals surface area contributed by atoms with Gasteiger partial charge in [0.15, 0.2) is 6.10 Å². The highest BCUT2D eigenvalue weighted by atomic mass is 16.6. The van der Waals surface area contributed by atoms with E-state index in [0.717, 1.165) is 0 Å². The van der Waals surface area contributed by atoms with Crippen LogP contribution in [0, 0.1) is 0 Å². The average Bonchev–Trinajstić information content (AvgIpc) is 2.49. The van der Waals surface area contributed by atoms with Gasteiger partial charge in [0.1, 0.15) is 18.8 Å². The van der Waals surface area contributed by atoms with Crippen LogP contribution >= 0.6 is 0 Å². The lowest BCUT2D eigenvalue weighted by atomic mass is 10.0. The van der Waals surface area contributed by atoms with E-state index in [4.69, 9.17) is 20.4 Å². The van der Waals surface area contributed by atoms with Crippen molar-refractivity contribution in [3.8, 4) is 0 Å². The van der Waals surface area contributed by atoms with Crippen LogP contribution in [0.5, 0.6) is 0 Å². The van der Waals surface area contributed by atoms with Gasteiger partial charge in [-0.15, -0.1) is 0 Å². The fourth-order valence-corrected chi connectivity index (χ4v) is 1.23. The van der Waals surface area contributed by atoms with Gasteiger partial charge in [-0.25, -0.2) is 19.2 Å². The predicted octanol–water partition coefficient (Wildman–Crippen LogP) is -3.83. The Hall–Kier alpha value is -2.77. The molecule has 0 heterocycles. The molecule has 0 fully saturated rings. The first-order chi connectivity index (χ1) is 11.0. The lowest BCUT2D eigenvalue weighted by molar-refractivity contribution is -0.190. The molecule has 0 aliphatic heterocycles. The Morgan fingerprint density at radius 1 is 0.792 bits per heavy atom. The van der Waals surface area contributed by atoms with Gasteiger partial charge in [-0.05, 0) is 0 Å². The van der Waals surface area contributed by atoms with Crippen LogP contribution in [-0.2, 0) is 33.4 Å². The summed E-state index contributed by atoms with van der Waals surface area (Å²) >= 11 is 0. The third-order valence-electron chi connectivity index (χ3n) is 2.43. The Morgan fingerprint density at radius 3 is 1.75 bits per heavy atom. The molecule has 4 atom stereocenters. The Morgan fingerprint density at radius 2 is 1.33 bits per heavy atom. The second kappa shape index (κ2) is 9.39. The molecule has 13 heteroatoms. The van der Waals surface area contributed by atoms with Gasteiger partial charge in [0.2, 0.25) is 6.10 Å². The van der Waals surface area contributed by atoms with Gasteiger partial charge >= 0.3 is 29.8 Å². The van der Waals surface area contributed by atoms with Gasteiger partial charge in [-0.3, -0.25) is 4.79 Å². The van der Waals surface area contributed by atoms with Crippen molar-refractivity contribution in [3.63, 3.8) is 0 Å². The second-order valence-electron chi connectivity index (χ2n) is 4.21. The fraction of sp³-hybridized carbons (Fsp3) is 0.545. The molecule has 0 radical (unpaired) electrons. The fourth-order valence-electron chi connectivity index (χ4n) is 1.23. The minimum atomic E-state index is -2.60. The number of esters is 2. The first kappa shape index (κ1) is 21.2. The van der Waals surface area contributed by atoms with Crippen LogP contribution in [0.1, 0.15) is 6.42 Å². The molecule has 0 bridgehead atoms. The summed E-state index contributed by atoms with van der Waals surface area (Å²) in [6.07, 6.45) is -11.0. The van der Waals surface area contributed by atoms with E-state index in [2.05, 4.69) is 9.47 Å². The van der Waals surface area contributed by atoms with E-state index in [1.54, 1.807) is 0 Å². The van der Waals surface area contributed by atoms with Crippen molar-refractivity contribution < 1.29 is 64.1 Å². The van der Waals surface area contributed by atoms with E-state index in [9.17, 15) is 34.2 Å². The standard InChI is InChI=1S/C11H14O13/c12-3(13)1-2-23-10(21)11(22)24-7(9(19)20)5(15)4(14)6(16)8(17)18/h4-7,14-16H,1-2H2,(H,12,13)(H,17,18)(H,19,20)/t4-,5+,6+,7-/m1/s1. The molecule has 0 aliphatic carbocycles. The summed E-state index contributed by atoms with van der Waals surface area (Å²) < 4.78 is 8.22. The Labute approximate surface area is 132 Å². The monoisotopic (exact) mass is 354 g/mol. The quantitative estimate of drug-likeness (QED) is 0.172. The first-order valence-electron chi connectivity index (χ1n) is 6.08. The highest BCUT2D eigenvalue weighted by Crippen LogP contribution is 2.10. The lowest BCUT2D eigenvalue weighted by Crippen LogP contribution is -2.52. The van der Waals surface area contributed by atoms with E-state index < -0.39 is 67.3 Å². The molecule has 13 nitrogen and oxygen atoms in total. The molecule has 0 aliphatic rings. The number of aliphatic hydroxyl groups is 3. The van der Waals surface area contributed by atoms with Crippen molar-refractivity contribution in [1.29, 1.82) is 0 Å². The molecule has 0 aromatic carbocycles. The summed E-state index contributed by atoms with van der Waals surface area (Å²) in [7, 11) is 0. The van der Waals surface area contributed by atoms with E-state index in [-0.39, 0.29) is 0 Å². The van der Waals surface area contributed by atoms with Crippen LogP contribution in [0.3, 0.4) is 0 Å². The van der Waals surface area contributed by atoms with Crippen LogP contribution in [0.15, 0.2) is 0 Å². The number of carboxylic acids is 3. The molecule has 0 rings (SSSR count). The molecule has 0 aromatic heterocycles. The number of carbonyl (C=O) groups excluding carboxylic acids is 2. The van der Waals surface area contributed by atoms with Gasteiger partial charge in [-0.1, -0.05) is 0 Å². The highest BCUT2D eigenvalue weighted by molar-refractivity contribution is 6.30. The molecule has 6 N–H and O–H groups in total. The molecule has 24 heavy (non-hydrogen) atoms. The SMILES string of the molecule is O=C(O)CCOC(=O)C(=O)O[C@@H](C(=O)O)[C@@H](O)[C@@H](O)[C@H](O)C(=O)O. The molecule has 136 valence electrons. The predicted molar refractivity (Wildman–Crippen MR) is 66.4 cm³/mol. The number of carbonyl (C=O) groups is 5. The van der Waals surface area contributed by atoms with Crippen molar-refractivity contribution in [1.82, 2.24) is 0 Å². The van der Waals surface area contributed by atoms with Gasteiger partial charge in [0.05, 0.1) is 6.42 Å². The van der Waals surface area contributed by atoms with Crippen LogP contribution in [-0.4, -0.2) is 91.5 Å². The maximum atomic E-state index is 11.3. The summed E-state index contributed by atoms with van der Waals surface area (Å²) in [6, 6.07) is 0. The maximum absolute atomic E-state index is 11.3. The topological polar surface area (TPSA) is 225 Å². The molecular weight excluding hydrogens is 340 g/mol. The lowest BCUT2D eigenvalue weighted by Gasteiger charge is -2.24. The number of hydrogen-bond donors (Lipinski definition) is 6. The van der Waals surface area contributed by atoms with Crippen LogP contribution in [0.2, 0.25) is 0 Å². The van der Waals surface area contributed by atoms with Gasteiger partial charge in [0.25, 0.3) is 0 Å². The van der Waals surface area contributed by atoms with E-state index in [0.29, 0.717) is 0 Å². The van der Waals surface area contributed by atoms with Gasteiger partial charge in [0, 0.05) is 0 Å². The molecule has 0 saturated carbocycles. The highest BCUT2D eigenvalue weighted by Gasteiger charge is 2.41. The number of hydrogen-bond acceptors (Lipinski definition) is 10. The maximum Gasteiger partial charge on any atom is 0.418 e. The normalized spacial score (nSPS) is 15.5. The number of carboxylic acid groups (broad SMARTS) is 3. The molecule has 0 unspecified atom stereocenters. The zero-order chi connectivity index (χ0) is 19.0. The van der Waals surface area contributed by atoms with Crippen molar-refractivity contribution in [2.45, 2.75) is 30.8 Å². The van der Waals surface area contributed by atoms with Crippen LogP contribution in [0.25, 0.3) is 0 Å². The van der Waals surface area contributed by atoms with E-state index in [1.165, 1.54) is 0 Å². The smallest absolute Gasteiger partial charge is 0.418 e. The Balaban J connectivity index is 4.86. The van der Waals surface area contributed by atoms with Crippen molar-refractivity contribution in [2.24, 2.45) is 0 Å². The van der Waals surface area contributed by atoms with E-state index in [1.807, 2.05) is 0 Å². The molecule has 0 spiro atoms. The molecule has 0 aromatic rings. The minimum Gasteiger partial charge on any atom is -0.481 e. The number of ether oxygens (including phenoxy) is 2. The summed E-state index contributed by atoms with van der Waals surface area (Å²) in [6.45, 7) is -0.718.